The van der Waals surface area contributed by atoms with Crippen LogP contribution in [0.5, 0.6) is 0 Å². The van der Waals surface area contributed by atoms with E-state index >= 15 is 0 Å². The second-order valence-corrected chi connectivity index (χ2v) is 3.05. The van der Waals surface area contributed by atoms with E-state index in [1.54, 1.807) is 35.9 Å². The molecule has 0 atom stereocenters. The molecule has 0 bridgehead atoms. The Balaban J connectivity index is 2.80. The lowest BCUT2D eigenvalue weighted by Gasteiger charge is -2.01. The third-order valence-corrected chi connectivity index (χ3v) is 2.13. The van der Waals surface area contributed by atoms with Gasteiger partial charge in [-0.05, 0) is 18.6 Å². The topological polar surface area (TPSA) is 66.0 Å². The van der Waals surface area contributed by atoms with Crippen LogP contribution in [0.3, 0.4) is 0 Å². The van der Waals surface area contributed by atoms with Gasteiger partial charge in [-0.1, -0.05) is 13.0 Å². The normalized spacial score (nSPS) is 11.1. The van der Waals surface area contributed by atoms with Crippen LogP contribution in [-0.4, -0.2) is 15.6 Å². The van der Waals surface area contributed by atoms with Gasteiger partial charge in [0.1, 0.15) is 11.8 Å². The fourth-order valence-corrected chi connectivity index (χ4v) is 1.27. The summed E-state index contributed by atoms with van der Waals surface area (Å²) in [5.74, 6) is -0.900. The minimum absolute atomic E-state index is 0.368. The first-order valence-electron chi connectivity index (χ1n) is 4.66. The Kier molecular flexibility index (Phi) is 3.69. The lowest BCUT2D eigenvalue weighted by atomic mass is 10.2. The summed E-state index contributed by atoms with van der Waals surface area (Å²) < 4.78 is 1.71. The summed E-state index contributed by atoms with van der Waals surface area (Å²) in [6.07, 6.45) is 3.87. The fourth-order valence-electron chi connectivity index (χ4n) is 1.27. The molecule has 0 radical (unpaired) electrons. The summed E-state index contributed by atoms with van der Waals surface area (Å²) >= 11 is 0. The molecule has 15 heavy (non-hydrogen) atoms. The number of nitriles is 1. The maximum atomic E-state index is 10.7. The lowest BCUT2D eigenvalue weighted by molar-refractivity contribution is -0.132. The molecule has 0 saturated heterocycles. The van der Waals surface area contributed by atoms with E-state index in [1.165, 1.54) is 0 Å². The zero-order chi connectivity index (χ0) is 11.3. The van der Waals surface area contributed by atoms with Gasteiger partial charge in [0.2, 0.25) is 0 Å². The Hall–Kier alpha value is -2.02. The van der Waals surface area contributed by atoms with Gasteiger partial charge in [-0.3, -0.25) is 0 Å². The highest BCUT2D eigenvalue weighted by atomic mass is 16.4. The Labute approximate surface area is 88.1 Å². The summed E-state index contributed by atoms with van der Waals surface area (Å²) in [6, 6.07) is 5.49. The van der Waals surface area contributed by atoms with Crippen molar-refractivity contribution < 1.29 is 9.90 Å². The van der Waals surface area contributed by atoms with Crippen LogP contribution in [0.2, 0.25) is 0 Å². The second kappa shape index (κ2) is 5.01. The number of carboxylic acids is 1. The van der Waals surface area contributed by atoms with Gasteiger partial charge in [0.25, 0.3) is 0 Å². The number of hydrogen-bond donors (Lipinski definition) is 1. The minimum atomic E-state index is -0.900. The maximum Gasteiger partial charge on any atom is 0.331 e. The van der Waals surface area contributed by atoms with Crippen LogP contribution < -0.4 is 0 Å². The molecule has 1 aromatic rings. The SMILES string of the molecule is CC/C(=C/Cn1cccc1C#N)C(=O)O. The summed E-state index contributed by atoms with van der Waals surface area (Å²) in [7, 11) is 0. The predicted octanol–water partition coefficient (Wildman–Crippen LogP) is 1.78. The molecule has 4 nitrogen and oxygen atoms in total. The van der Waals surface area contributed by atoms with Crippen LogP contribution in [0, 0.1) is 11.3 Å². The van der Waals surface area contributed by atoms with E-state index in [1.807, 2.05) is 6.07 Å². The van der Waals surface area contributed by atoms with Crippen molar-refractivity contribution >= 4 is 5.97 Å². The molecule has 0 spiro atoms. The van der Waals surface area contributed by atoms with Crippen molar-refractivity contribution in [3.63, 3.8) is 0 Å². The van der Waals surface area contributed by atoms with Crippen LogP contribution in [0.4, 0.5) is 0 Å². The van der Waals surface area contributed by atoms with E-state index in [-0.39, 0.29) is 0 Å². The molecule has 1 rings (SSSR count). The Morgan fingerprint density at radius 1 is 1.73 bits per heavy atom. The highest BCUT2D eigenvalue weighted by Gasteiger charge is 2.04. The monoisotopic (exact) mass is 204 g/mol. The zero-order valence-corrected chi connectivity index (χ0v) is 8.47. The Morgan fingerprint density at radius 2 is 2.47 bits per heavy atom. The average molecular weight is 204 g/mol. The Bertz CT molecular complexity index is 424. The smallest absolute Gasteiger partial charge is 0.331 e. The molecule has 1 heterocycles. The van der Waals surface area contributed by atoms with E-state index in [9.17, 15) is 4.79 Å². The van der Waals surface area contributed by atoms with Crippen LogP contribution in [0.25, 0.3) is 0 Å². The van der Waals surface area contributed by atoms with E-state index in [0.29, 0.717) is 24.2 Å². The number of rotatable bonds is 4. The molecule has 0 aromatic carbocycles. The highest BCUT2D eigenvalue weighted by molar-refractivity contribution is 5.86. The van der Waals surface area contributed by atoms with Crippen molar-refractivity contribution in [1.82, 2.24) is 4.57 Å². The van der Waals surface area contributed by atoms with Crippen LogP contribution in [0.1, 0.15) is 19.0 Å². The maximum absolute atomic E-state index is 10.7. The van der Waals surface area contributed by atoms with Gasteiger partial charge in [-0.25, -0.2) is 4.79 Å². The lowest BCUT2D eigenvalue weighted by Crippen LogP contribution is -2.03. The number of aliphatic carboxylic acids is 1. The zero-order valence-electron chi connectivity index (χ0n) is 8.47. The minimum Gasteiger partial charge on any atom is -0.478 e. The number of carbonyl (C=O) groups is 1. The third-order valence-electron chi connectivity index (χ3n) is 2.13. The molecule has 0 aliphatic carbocycles. The van der Waals surface area contributed by atoms with Crippen molar-refractivity contribution in [3.05, 3.63) is 35.7 Å². The average Bonchev–Trinajstić information content (AvgIpc) is 2.65. The number of carboxylic acid groups (broad SMARTS) is 1. The van der Waals surface area contributed by atoms with E-state index < -0.39 is 5.97 Å². The van der Waals surface area contributed by atoms with Crippen molar-refractivity contribution in [1.29, 1.82) is 5.26 Å². The first kappa shape index (κ1) is 11.1. The van der Waals surface area contributed by atoms with Gasteiger partial charge in [-0.2, -0.15) is 5.26 Å². The quantitative estimate of drug-likeness (QED) is 0.760. The van der Waals surface area contributed by atoms with Crippen molar-refractivity contribution in [2.24, 2.45) is 0 Å². The largest absolute Gasteiger partial charge is 0.478 e. The number of aromatic nitrogens is 1. The van der Waals surface area contributed by atoms with Crippen LogP contribution in [0.15, 0.2) is 30.0 Å². The molecular formula is C11H12N2O2. The summed E-state index contributed by atoms with van der Waals surface area (Å²) in [6.45, 7) is 2.21. The molecule has 0 unspecified atom stereocenters. The molecule has 1 aromatic heterocycles. The standard InChI is InChI=1S/C11H12N2O2/c1-2-9(11(14)15)5-7-13-6-3-4-10(13)8-12/h3-6H,2,7H2,1H3,(H,14,15)/b9-5-. The molecule has 78 valence electrons. The molecule has 0 aliphatic heterocycles. The van der Waals surface area contributed by atoms with Crippen LogP contribution in [-0.2, 0) is 11.3 Å². The van der Waals surface area contributed by atoms with Gasteiger partial charge in [-0.15, -0.1) is 0 Å². The first-order valence-corrected chi connectivity index (χ1v) is 4.66. The van der Waals surface area contributed by atoms with Gasteiger partial charge < -0.3 is 9.67 Å². The summed E-state index contributed by atoms with van der Waals surface area (Å²) in [5, 5.41) is 17.5. The first-order chi connectivity index (χ1) is 7.19. The van der Waals surface area contributed by atoms with Gasteiger partial charge in [0.05, 0.1) is 0 Å². The number of allylic oxidation sites excluding steroid dienone is 1. The van der Waals surface area contributed by atoms with Gasteiger partial charge in [0, 0.05) is 18.3 Å². The molecular weight excluding hydrogens is 192 g/mol. The van der Waals surface area contributed by atoms with E-state index in [4.69, 9.17) is 10.4 Å². The van der Waals surface area contributed by atoms with E-state index in [2.05, 4.69) is 0 Å². The molecule has 0 aliphatic rings. The van der Waals surface area contributed by atoms with Crippen molar-refractivity contribution in [3.8, 4) is 6.07 Å². The van der Waals surface area contributed by atoms with Gasteiger partial charge in [0.15, 0.2) is 0 Å². The van der Waals surface area contributed by atoms with Crippen LogP contribution >= 0.6 is 0 Å². The van der Waals surface area contributed by atoms with Crippen molar-refractivity contribution in [2.45, 2.75) is 19.9 Å². The molecule has 1 N–H and O–H groups in total. The predicted molar refractivity (Wildman–Crippen MR) is 55.2 cm³/mol. The Morgan fingerprint density at radius 3 is 3.00 bits per heavy atom. The van der Waals surface area contributed by atoms with Gasteiger partial charge >= 0.3 is 5.97 Å². The number of nitrogens with zero attached hydrogens (tertiary/aromatic N) is 2. The molecule has 0 saturated carbocycles. The molecule has 0 fully saturated rings. The van der Waals surface area contributed by atoms with Crippen molar-refractivity contribution in [2.75, 3.05) is 0 Å². The van der Waals surface area contributed by atoms with E-state index in [0.717, 1.165) is 0 Å². The molecule has 4 heteroatoms. The summed E-state index contributed by atoms with van der Waals surface area (Å²) in [4.78, 5) is 10.7. The third kappa shape index (κ3) is 2.71. The second-order valence-electron chi connectivity index (χ2n) is 3.05. The molecule has 0 amide bonds. The number of hydrogen-bond acceptors (Lipinski definition) is 2. The highest BCUT2D eigenvalue weighted by Crippen LogP contribution is 2.05. The fraction of sp³-hybridized carbons (Fsp3) is 0.273. The summed E-state index contributed by atoms with van der Waals surface area (Å²) in [5.41, 5.74) is 0.902.